The lowest BCUT2D eigenvalue weighted by Crippen LogP contribution is -2.59. The molecule has 0 unspecified atom stereocenters. The fraction of sp³-hybridized carbons (Fsp3) is 0.679. The van der Waals surface area contributed by atoms with Crippen molar-refractivity contribution in [3.8, 4) is 11.3 Å². The molecule has 0 bridgehead atoms. The zero-order chi connectivity index (χ0) is 32.5. The van der Waals surface area contributed by atoms with Gasteiger partial charge < -0.3 is 34.8 Å². The highest BCUT2D eigenvalue weighted by molar-refractivity contribution is 8.01. The van der Waals surface area contributed by atoms with E-state index in [9.17, 15) is 42.1 Å². The first-order valence-electron chi connectivity index (χ1n) is 14.5. The van der Waals surface area contributed by atoms with E-state index in [2.05, 4.69) is 15.6 Å². The van der Waals surface area contributed by atoms with Gasteiger partial charge in [-0.25, -0.2) is 26.6 Å². The van der Waals surface area contributed by atoms with Crippen LogP contribution in [0.4, 0.5) is 22.0 Å². The molecule has 4 N–H and O–H groups in total. The van der Waals surface area contributed by atoms with E-state index < -0.39 is 89.4 Å². The minimum atomic E-state index is -2.99. The number of carbonyl (C=O) groups excluding carboxylic acids is 1. The molecule has 2 aliphatic heterocycles. The Morgan fingerprint density at radius 3 is 2.42 bits per heavy atom. The number of rotatable bonds is 9. The van der Waals surface area contributed by atoms with Crippen molar-refractivity contribution in [1.82, 2.24) is 20.3 Å². The van der Waals surface area contributed by atoms with Gasteiger partial charge in [0.05, 0.1) is 18.4 Å². The molecule has 1 aromatic carbocycles. The molecule has 0 spiro atoms. The molecule has 11 nitrogen and oxygen atoms in total. The summed E-state index contributed by atoms with van der Waals surface area (Å²) in [5.74, 6) is -8.13. The van der Waals surface area contributed by atoms with E-state index in [4.69, 9.17) is 14.2 Å². The van der Waals surface area contributed by atoms with Crippen LogP contribution in [0.15, 0.2) is 18.3 Å². The maximum Gasteiger partial charge on any atom is 0.248 e. The molecule has 5 rings (SSSR count). The maximum atomic E-state index is 14.1. The number of hydrogen-bond acceptors (Lipinski definition) is 10. The van der Waals surface area contributed by atoms with E-state index in [0.29, 0.717) is 26.1 Å². The molecule has 0 radical (unpaired) electrons. The highest BCUT2D eigenvalue weighted by Crippen LogP contribution is 2.47. The molecule has 1 saturated carbocycles. The Morgan fingerprint density at radius 1 is 1.18 bits per heavy atom. The standard InChI is InChI=1S/C28H35F5N4O7S/c1-42-23-21(37-12-18(35-36-37)14-10-16(29)20(31)17(30)11-14)22(39)19(13-38)44-26(23)45-24(25(40)34-15-2-8-43-9-3-15)27(41)4-6-28(32,33)7-5-27/h10-12,15,19,21-24,26,38-39,41H,2-9,13H2,1H3,(H,34,40)/t19-,21+,22+,23-,24-,26+/m1/s1. The van der Waals surface area contributed by atoms with Crippen LogP contribution in [0.2, 0.25) is 0 Å². The predicted octanol–water partition coefficient (Wildman–Crippen LogP) is 2.33. The third kappa shape index (κ3) is 7.29. The number of thioether (sulfide) groups is 1. The van der Waals surface area contributed by atoms with Gasteiger partial charge >= 0.3 is 0 Å². The van der Waals surface area contributed by atoms with Crippen molar-refractivity contribution in [2.24, 2.45) is 0 Å². The number of carbonyl (C=O) groups is 1. The van der Waals surface area contributed by atoms with Crippen LogP contribution in [0.3, 0.4) is 0 Å². The monoisotopic (exact) mass is 666 g/mol. The first kappa shape index (κ1) is 33.9. The number of aliphatic hydroxyl groups is 3. The van der Waals surface area contributed by atoms with Crippen molar-refractivity contribution in [1.29, 1.82) is 0 Å². The van der Waals surface area contributed by atoms with Crippen LogP contribution in [0, 0.1) is 17.5 Å². The third-order valence-corrected chi connectivity index (χ3v) is 10.2. The molecule has 1 aliphatic carbocycles. The summed E-state index contributed by atoms with van der Waals surface area (Å²) in [5, 5.41) is 42.3. The van der Waals surface area contributed by atoms with E-state index in [0.717, 1.165) is 28.6 Å². The number of aromatic nitrogens is 3. The molecule has 3 aliphatic rings. The van der Waals surface area contributed by atoms with Gasteiger partial charge in [0.1, 0.15) is 40.7 Å². The molecule has 250 valence electrons. The van der Waals surface area contributed by atoms with Crippen LogP contribution < -0.4 is 5.32 Å². The fourth-order valence-corrected chi connectivity index (χ4v) is 7.56. The number of methoxy groups -OCH3 is 1. The van der Waals surface area contributed by atoms with Gasteiger partial charge in [0.2, 0.25) is 11.8 Å². The average molecular weight is 667 g/mol. The van der Waals surface area contributed by atoms with Gasteiger partial charge in [-0.1, -0.05) is 5.21 Å². The van der Waals surface area contributed by atoms with Crippen LogP contribution >= 0.6 is 11.8 Å². The molecule has 3 fully saturated rings. The van der Waals surface area contributed by atoms with Crippen molar-refractivity contribution in [2.45, 2.75) is 91.1 Å². The summed E-state index contributed by atoms with van der Waals surface area (Å²) in [6.45, 7) is 0.160. The van der Waals surface area contributed by atoms with Gasteiger partial charge in [0.25, 0.3) is 0 Å². The molecular weight excluding hydrogens is 631 g/mol. The topological polar surface area (TPSA) is 148 Å². The van der Waals surface area contributed by atoms with Gasteiger partial charge in [-0.15, -0.1) is 16.9 Å². The summed E-state index contributed by atoms with van der Waals surface area (Å²) in [5.41, 5.74) is -3.22. The quantitative estimate of drug-likeness (QED) is 0.232. The predicted molar refractivity (Wildman–Crippen MR) is 149 cm³/mol. The van der Waals surface area contributed by atoms with E-state index in [1.165, 1.54) is 13.3 Å². The molecule has 1 amide bonds. The largest absolute Gasteiger partial charge is 0.394 e. The van der Waals surface area contributed by atoms with E-state index in [-0.39, 0.29) is 30.1 Å². The van der Waals surface area contributed by atoms with Crippen molar-refractivity contribution < 1.29 is 56.3 Å². The van der Waals surface area contributed by atoms with E-state index in [1.54, 1.807) is 0 Å². The van der Waals surface area contributed by atoms with Crippen LogP contribution in [0.5, 0.6) is 0 Å². The summed E-state index contributed by atoms with van der Waals surface area (Å²) in [7, 11) is 1.29. The summed E-state index contributed by atoms with van der Waals surface area (Å²) in [6, 6.07) is 0.0422. The lowest BCUT2D eigenvalue weighted by atomic mass is 9.80. The highest BCUT2D eigenvalue weighted by Gasteiger charge is 2.54. The second-order valence-electron chi connectivity index (χ2n) is 11.6. The first-order valence-corrected chi connectivity index (χ1v) is 15.5. The number of halogens is 5. The summed E-state index contributed by atoms with van der Waals surface area (Å²) in [4.78, 5) is 13.7. The molecule has 2 aromatic rings. The van der Waals surface area contributed by atoms with E-state index >= 15 is 0 Å². The smallest absolute Gasteiger partial charge is 0.248 e. The number of hydrogen-bond donors (Lipinski definition) is 4. The summed E-state index contributed by atoms with van der Waals surface area (Å²) >= 11 is 0.819. The number of nitrogens with one attached hydrogen (secondary N) is 1. The molecule has 45 heavy (non-hydrogen) atoms. The molecule has 3 heterocycles. The van der Waals surface area contributed by atoms with Crippen molar-refractivity contribution >= 4 is 17.7 Å². The normalized spacial score (nSPS) is 29.3. The summed E-state index contributed by atoms with van der Waals surface area (Å²) < 4.78 is 87.7. The average Bonchev–Trinajstić information content (AvgIpc) is 3.50. The van der Waals surface area contributed by atoms with Gasteiger partial charge in [-0.3, -0.25) is 4.79 Å². The first-order chi connectivity index (χ1) is 21.4. The van der Waals surface area contributed by atoms with Crippen molar-refractivity contribution in [3.05, 3.63) is 35.8 Å². The fourth-order valence-electron chi connectivity index (χ4n) is 5.98. The Bertz CT molecular complexity index is 1320. The number of benzene rings is 1. The molecule has 17 heteroatoms. The van der Waals surface area contributed by atoms with Crippen LogP contribution in [-0.4, -0.2) is 110 Å². The second kappa shape index (κ2) is 13.8. The van der Waals surface area contributed by atoms with Crippen molar-refractivity contribution in [2.75, 3.05) is 26.9 Å². The Morgan fingerprint density at radius 2 is 1.82 bits per heavy atom. The van der Waals surface area contributed by atoms with Gasteiger partial charge in [0, 0.05) is 44.8 Å². The molecular formula is C28H35F5N4O7S. The Balaban J connectivity index is 1.45. The lowest BCUT2D eigenvalue weighted by Gasteiger charge is -2.46. The number of aliphatic hydroxyl groups excluding tert-OH is 2. The Kier molecular flexibility index (Phi) is 10.4. The number of amides is 1. The molecule has 1 aromatic heterocycles. The molecule has 6 atom stereocenters. The number of ether oxygens (including phenoxy) is 3. The second-order valence-corrected chi connectivity index (χ2v) is 12.8. The zero-order valence-electron chi connectivity index (χ0n) is 24.3. The van der Waals surface area contributed by atoms with Crippen LogP contribution in [0.1, 0.15) is 44.6 Å². The van der Waals surface area contributed by atoms with Gasteiger partial charge in [-0.05, 0) is 37.8 Å². The number of nitrogens with zero attached hydrogens (tertiary/aromatic N) is 3. The van der Waals surface area contributed by atoms with Crippen molar-refractivity contribution in [3.63, 3.8) is 0 Å². The van der Waals surface area contributed by atoms with Gasteiger partial charge in [0.15, 0.2) is 17.5 Å². The minimum absolute atomic E-state index is 0.0720. The Labute approximate surface area is 259 Å². The SMILES string of the molecule is CO[C@@H]1[C@@H](n2cc(-c3cc(F)c(F)c(F)c3)nn2)[C@@H](O)[C@@H](CO)O[C@H]1S[C@H](C(=O)NC1CCOCC1)C1(O)CCC(F)(F)CC1. The number of alkyl halides is 2. The van der Waals surface area contributed by atoms with Crippen LogP contribution in [0.25, 0.3) is 11.3 Å². The highest BCUT2D eigenvalue weighted by atomic mass is 32.2. The minimum Gasteiger partial charge on any atom is -0.394 e. The zero-order valence-corrected chi connectivity index (χ0v) is 25.1. The molecule has 2 saturated heterocycles. The van der Waals surface area contributed by atoms with Gasteiger partial charge in [-0.2, -0.15) is 0 Å². The summed E-state index contributed by atoms with van der Waals surface area (Å²) in [6.07, 6.45) is -3.55. The third-order valence-electron chi connectivity index (χ3n) is 8.60. The van der Waals surface area contributed by atoms with E-state index in [1.807, 2.05) is 0 Å². The van der Waals surface area contributed by atoms with Crippen LogP contribution in [-0.2, 0) is 19.0 Å². The maximum absolute atomic E-state index is 14.1. The Hall–Kier alpha value is -2.41. The lowest BCUT2D eigenvalue weighted by molar-refractivity contribution is -0.186.